The van der Waals surface area contributed by atoms with Crippen LogP contribution in [0.15, 0.2) is 56.8 Å². The van der Waals surface area contributed by atoms with Crippen LogP contribution >= 0.6 is 27.7 Å². The van der Waals surface area contributed by atoms with E-state index in [1.54, 1.807) is 0 Å². The lowest BCUT2D eigenvalue weighted by Crippen LogP contribution is -2.27. The van der Waals surface area contributed by atoms with Gasteiger partial charge in [-0.2, -0.15) is 0 Å². The highest BCUT2D eigenvalue weighted by molar-refractivity contribution is 9.10. The summed E-state index contributed by atoms with van der Waals surface area (Å²) >= 11 is 5.54. The average molecular weight is 359 g/mol. The molecular weight excluding hydrogens is 344 g/mol. The summed E-state index contributed by atoms with van der Waals surface area (Å²) in [5.41, 5.74) is 4.15. The van der Waals surface area contributed by atoms with Gasteiger partial charge in [-0.05, 0) is 34.9 Å². The van der Waals surface area contributed by atoms with E-state index in [0.29, 0.717) is 0 Å². The fraction of sp³-hybridized carbons (Fsp3) is 0.235. The topological polar surface area (TPSA) is 24.4 Å². The smallest absolute Gasteiger partial charge is 0.109 e. The SMILES string of the molecule is Brc1ccc2c(c1)C(C1=NCCN1)c1ccccc1CS2. The Morgan fingerprint density at radius 2 is 2.05 bits per heavy atom. The van der Waals surface area contributed by atoms with Gasteiger partial charge in [-0.25, -0.2) is 0 Å². The predicted molar refractivity (Wildman–Crippen MR) is 92.3 cm³/mol. The van der Waals surface area contributed by atoms with E-state index in [2.05, 4.69) is 63.7 Å². The summed E-state index contributed by atoms with van der Waals surface area (Å²) in [6.07, 6.45) is 0. The molecule has 0 saturated carbocycles. The summed E-state index contributed by atoms with van der Waals surface area (Å²) in [6.45, 7) is 1.83. The first-order valence-electron chi connectivity index (χ1n) is 7.11. The van der Waals surface area contributed by atoms with Crippen molar-refractivity contribution in [2.24, 2.45) is 4.99 Å². The van der Waals surface area contributed by atoms with Crippen LogP contribution < -0.4 is 5.32 Å². The van der Waals surface area contributed by atoms with Crippen molar-refractivity contribution in [3.05, 3.63) is 63.6 Å². The molecule has 0 amide bonds. The Labute approximate surface area is 137 Å². The minimum atomic E-state index is 0.228. The van der Waals surface area contributed by atoms with Gasteiger partial charge in [0.2, 0.25) is 0 Å². The van der Waals surface area contributed by atoms with E-state index < -0.39 is 0 Å². The van der Waals surface area contributed by atoms with Gasteiger partial charge in [0, 0.05) is 21.7 Å². The Hall–Kier alpha value is -1.26. The van der Waals surface area contributed by atoms with Crippen LogP contribution in [0.3, 0.4) is 0 Å². The monoisotopic (exact) mass is 358 g/mol. The van der Waals surface area contributed by atoms with Crippen LogP contribution in [-0.4, -0.2) is 18.9 Å². The Bertz CT molecular complexity index is 726. The molecule has 4 rings (SSSR count). The van der Waals surface area contributed by atoms with Crippen molar-refractivity contribution in [2.45, 2.75) is 16.6 Å². The number of thioether (sulfide) groups is 1. The first kappa shape index (κ1) is 13.4. The lowest BCUT2D eigenvalue weighted by molar-refractivity contribution is 0.925. The molecule has 1 N–H and O–H groups in total. The van der Waals surface area contributed by atoms with Gasteiger partial charge in [0.25, 0.3) is 0 Å². The molecule has 0 radical (unpaired) electrons. The van der Waals surface area contributed by atoms with Crippen molar-refractivity contribution < 1.29 is 0 Å². The van der Waals surface area contributed by atoms with Gasteiger partial charge >= 0.3 is 0 Å². The summed E-state index contributed by atoms with van der Waals surface area (Å²) in [5, 5.41) is 3.48. The van der Waals surface area contributed by atoms with Gasteiger partial charge in [0.05, 0.1) is 12.5 Å². The van der Waals surface area contributed by atoms with Crippen molar-refractivity contribution in [1.82, 2.24) is 5.32 Å². The maximum absolute atomic E-state index is 4.71. The number of rotatable bonds is 1. The van der Waals surface area contributed by atoms with E-state index in [0.717, 1.165) is 29.2 Å². The third-order valence-electron chi connectivity index (χ3n) is 4.01. The summed E-state index contributed by atoms with van der Waals surface area (Å²) in [5.74, 6) is 2.37. The van der Waals surface area contributed by atoms with Crippen molar-refractivity contribution in [3.63, 3.8) is 0 Å². The Balaban J connectivity index is 1.95. The van der Waals surface area contributed by atoms with E-state index in [9.17, 15) is 0 Å². The van der Waals surface area contributed by atoms with Crippen LogP contribution in [-0.2, 0) is 5.75 Å². The van der Waals surface area contributed by atoms with E-state index in [-0.39, 0.29) is 5.92 Å². The third kappa shape index (κ3) is 2.40. The molecular formula is C17H15BrN2S. The van der Waals surface area contributed by atoms with Gasteiger partial charge in [0.15, 0.2) is 0 Å². The fourth-order valence-electron chi connectivity index (χ4n) is 3.05. The molecule has 0 aliphatic carbocycles. The van der Waals surface area contributed by atoms with E-state index in [4.69, 9.17) is 4.99 Å². The number of hydrogen-bond donors (Lipinski definition) is 1. The second kappa shape index (κ2) is 5.50. The normalized spacial score (nSPS) is 20.0. The van der Waals surface area contributed by atoms with Crippen molar-refractivity contribution >= 4 is 33.5 Å². The summed E-state index contributed by atoms with van der Waals surface area (Å²) in [7, 11) is 0. The average Bonchev–Trinajstić information content (AvgIpc) is 2.97. The Kier molecular flexibility index (Phi) is 3.51. The molecule has 21 heavy (non-hydrogen) atoms. The Morgan fingerprint density at radius 3 is 2.90 bits per heavy atom. The van der Waals surface area contributed by atoms with Crippen LogP contribution in [0.25, 0.3) is 0 Å². The molecule has 0 fully saturated rings. The molecule has 2 aromatic carbocycles. The predicted octanol–water partition coefficient (Wildman–Crippen LogP) is 4.19. The molecule has 0 spiro atoms. The quantitative estimate of drug-likeness (QED) is 0.826. The number of fused-ring (bicyclic) bond motifs is 2. The Morgan fingerprint density at radius 1 is 1.14 bits per heavy atom. The van der Waals surface area contributed by atoms with E-state index in [1.165, 1.54) is 21.6 Å². The number of nitrogens with zero attached hydrogens (tertiary/aromatic N) is 1. The van der Waals surface area contributed by atoms with Gasteiger partial charge in [-0.3, -0.25) is 4.99 Å². The maximum atomic E-state index is 4.71. The molecule has 1 atom stereocenters. The highest BCUT2D eigenvalue weighted by Crippen LogP contribution is 2.42. The lowest BCUT2D eigenvalue weighted by Gasteiger charge is -2.20. The van der Waals surface area contributed by atoms with E-state index in [1.807, 2.05) is 11.8 Å². The maximum Gasteiger partial charge on any atom is 0.109 e. The summed E-state index contributed by atoms with van der Waals surface area (Å²) in [6, 6.07) is 15.4. The number of amidine groups is 1. The third-order valence-corrected chi connectivity index (χ3v) is 5.64. The molecule has 2 nitrogen and oxygen atoms in total. The highest BCUT2D eigenvalue weighted by atomic mass is 79.9. The largest absolute Gasteiger partial charge is 0.371 e. The molecule has 2 aliphatic heterocycles. The zero-order valence-electron chi connectivity index (χ0n) is 11.5. The fourth-order valence-corrected chi connectivity index (χ4v) is 4.51. The summed E-state index contributed by atoms with van der Waals surface area (Å²) < 4.78 is 1.13. The van der Waals surface area contributed by atoms with Crippen molar-refractivity contribution in [2.75, 3.05) is 13.1 Å². The molecule has 2 heterocycles. The van der Waals surface area contributed by atoms with Gasteiger partial charge in [0.1, 0.15) is 5.84 Å². The second-order valence-corrected chi connectivity index (χ2v) is 7.23. The van der Waals surface area contributed by atoms with Crippen LogP contribution in [0.4, 0.5) is 0 Å². The molecule has 4 heteroatoms. The first-order valence-corrected chi connectivity index (χ1v) is 8.89. The standard InChI is InChI=1S/C17H15BrN2S/c18-12-5-6-15-14(9-12)16(17-19-7-8-20-17)13-4-2-1-3-11(13)10-21-15/h1-6,9,16H,7-8,10H2,(H,19,20). The number of aliphatic imine (C=N–C) groups is 1. The second-order valence-electron chi connectivity index (χ2n) is 5.30. The van der Waals surface area contributed by atoms with Gasteiger partial charge in [-0.15, -0.1) is 11.8 Å². The molecule has 0 aromatic heterocycles. The summed E-state index contributed by atoms with van der Waals surface area (Å²) in [4.78, 5) is 6.07. The number of hydrogen-bond acceptors (Lipinski definition) is 3. The van der Waals surface area contributed by atoms with Crippen LogP contribution in [0.2, 0.25) is 0 Å². The highest BCUT2D eigenvalue weighted by Gasteiger charge is 2.29. The van der Waals surface area contributed by atoms with Gasteiger partial charge < -0.3 is 5.32 Å². The van der Waals surface area contributed by atoms with Crippen LogP contribution in [0.5, 0.6) is 0 Å². The van der Waals surface area contributed by atoms with Gasteiger partial charge in [-0.1, -0.05) is 40.2 Å². The molecule has 1 unspecified atom stereocenters. The minimum absolute atomic E-state index is 0.228. The molecule has 2 aliphatic rings. The lowest BCUT2D eigenvalue weighted by atomic mass is 9.87. The number of benzene rings is 2. The van der Waals surface area contributed by atoms with E-state index >= 15 is 0 Å². The van der Waals surface area contributed by atoms with Crippen molar-refractivity contribution in [3.8, 4) is 0 Å². The minimum Gasteiger partial charge on any atom is -0.371 e. The number of halogens is 1. The number of nitrogens with one attached hydrogen (secondary N) is 1. The molecule has 0 saturated heterocycles. The first-order chi connectivity index (χ1) is 10.3. The van der Waals surface area contributed by atoms with Crippen molar-refractivity contribution in [1.29, 1.82) is 0 Å². The van der Waals surface area contributed by atoms with Crippen LogP contribution in [0.1, 0.15) is 22.6 Å². The zero-order valence-corrected chi connectivity index (χ0v) is 13.9. The zero-order chi connectivity index (χ0) is 14.2. The molecule has 0 bridgehead atoms. The molecule has 106 valence electrons. The van der Waals surface area contributed by atoms with Crippen LogP contribution in [0, 0.1) is 0 Å². The molecule has 2 aromatic rings.